The number of halogens is 1. The van der Waals surface area contributed by atoms with Crippen LogP contribution in [0.3, 0.4) is 0 Å². The molecule has 3 aliphatic rings. The molecule has 14 nitrogen and oxygen atoms in total. The minimum Gasteiger partial charge on any atom is -0.391 e. The minimum absolute atomic E-state index is 0.0525. The van der Waals surface area contributed by atoms with E-state index in [1.807, 2.05) is 75.4 Å². The molecule has 3 amide bonds. The zero-order valence-electron chi connectivity index (χ0n) is 40.3. The van der Waals surface area contributed by atoms with Gasteiger partial charge in [0.1, 0.15) is 12.1 Å². The number of nitrogens with one attached hydrogen (secondary N) is 4. The number of thiazole rings is 1. The van der Waals surface area contributed by atoms with Gasteiger partial charge in [-0.3, -0.25) is 19.1 Å². The van der Waals surface area contributed by atoms with Crippen molar-refractivity contribution in [2.45, 2.75) is 174 Å². The van der Waals surface area contributed by atoms with E-state index in [-0.39, 0.29) is 30.7 Å². The number of benzene rings is 1. The van der Waals surface area contributed by atoms with E-state index in [9.17, 15) is 19.5 Å². The number of aliphatic hydroxyl groups excluding tert-OH is 1. The number of aromatic nitrogens is 5. The quantitative estimate of drug-likeness (QED) is 0.0453. The fourth-order valence-corrected chi connectivity index (χ4v) is 10.5. The summed E-state index contributed by atoms with van der Waals surface area (Å²) in [6, 6.07) is 7.24. The highest BCUT2D eigenvalue weighted by Gasteiger charge is 2.44. The van der Waals surface area contributed by atoms with Gasteiger partial charge in [0.05, 0.1) is 45.3 Å². The molecular formula is C51H73ClN10O4S. The lowest BCUT2D eigenvalue weighted by molar-refractivity contribution is -0.144. The zero-order chi connectivity index (χ0) is 47.5. The Bertz CT molecular complexity index is 2250. The van der Waals surface area contributed by atoms with Crippen LogP contribution in [0.15, 0.2) is 42.2 Å². The molecule has 4 heterocycles. The summed E-state index contributed by atoms with van der Waals surface area (Å²) in [5, 5.41) is 29.0. The maximum Gasteiger partial charge on any atom is 0.246 e. The van der Waals surface area contributed by atoms with Crippen LogP contribution in [-0.2, 0) is 34.4 Å². The first kappa shape index (κ1) is 50.4. The van der Waals surface area contributed by atoms with Crippen molar-refractivity contribution in [3.63, 3.8) is 0 Å². The summed E-state index contributed by atoms with van der Waals surface area (Å²) in [5.41, 5.74) is 7.19. The Hall–Kier alpha value is -4.44. The molecule has 5 N–H and O–H groups in total. The Morgan fingerprint density at radius 1 is 0.910 bits per heavy atom. The highest BCUT2D eigenvalue weighted by atomic mass is 35.5. The number of hydrogen-bond donors (Lipinski definition) is 5. The van der Waals surface area contributed by atoms with Crippen molar-refractivity contribution < 1.29 is 19.5 Å². The first-order valence-electron chi connectivity index (χ1n) is 24.8. The van der Waals surface area contributed by atoms with Crippen molar-refractivity contribution >= 4 is 46.6 Å². The van der Waals surface area contributed by atoms with Gasteiger partial charge >= 0.3 is 0 Å². The Morgan fingerprint density at radius 2 is 1.60 bits per heavy atom. The third kappa shape index (κ3) is 14.3. The van der Waals surface area contributed by atoms with Gasteiger partial charge in [-0.1, -0.05) is 95.2 Å². The Balaban J connectivity index is 0.731. The predicted octanol–water partition coefficient (Wildman–Crippen LogP) is 8.55. The minimum atomic E-state index is -0.822. The van der Waals surface area contributed by atoms with E-state index in [2.05, 4.69) is 36.3 Å². The number of nitrogens with zero attached hydrogens (tertiary/aromatic N) is 6. The first-order chi connectivity index (χ1) is 32.2. The van der Waals surface area contributed by atoms with Gasteiger partial charge in [-0.25, -0.2) is 15.0 Å². The normalized spacial score (nSPS) is 20.2. The van der Waals surface area contributed by atoms with Crippen LogP contribution < -0.4 is 21.3 Å². The molecular weight excluding hydrogens is 884 g/mol. The lowest BCUT2D eigenvalue weighted by atomic mass is 9.85. The summed E-state index contributed by atoms with van der Waals surface area (Å²) in [6.45, 7) is 9.12. The third-order valence-corrected chi connectivity index (χ3v) is 15.0. The van der Waals surface area contributed by atoms with Crippen molar-refractivity contribution in [3.05, 3.63) is 64.1 Å². The summed E-state index contributed by atoms with van der Waals surface area (Å²) in [5.74, 6) is 0.563. The van der Waals surface area contributed by atoms with Gasteiger partial charge in [0.15, 0.2) is 0 Å². The van der Waals surface area contributed by atoms with Gasteiger partial charge in [0.2, 0.25) is 23.7 Å². The Kier molecular flexibility index (Phi) is 17.9. The molecule has 364 valence electrons. The predicted molar refractivity (Wildman–Crippen MR) is 267 cm³/mol. The smallest absolute Gasteiger partial charge is 0.246 e. The molecule has 3 aromatic heterocycles. The molecule has 0 spiro atoms. The van der Waals surface area contributed by atoms with Crippen LogP contribution in [0.25, 0.3) is 21.7 Å². The Morgan fingerprint density at radius 3 is 2.27 bits per heavy atom. The van der Waals surface area contributed by atoms with Gasteiger partial charge in [0.25, 0.3) is 0 Å². The molecule has 7 rings (SSSR count). The Labute approximate surface area is 406 Å². The largest absolute Gasteiger partial charge is 0.391 e. The summed E-state index contributed by atoms with van der Waals surface area (Å²) < 4.78 is 1.95. The van der Waals surface area contributed by atoms with Crippen LogP contribution in [0.2, 0.25) is 5.02 Å². The number of anilines is 1. The average molecular weight is 958 g/mol. The second-order valence-electron chi connectivity index (χ2n) is 20.3. The molecule has 3 atom stereocenters. The number of amides is 3. The maximum atomic E-state index is 14.0. The number of aliphatic hydroxyl groups is 1. The van der Waals surface area contributed by atoms with E-state index in [1.54, 1.807) is 17.5 Å². The zero-order valence-corrected chi connectivity index (χ0v) is 41.9. The SMILES string of the molecule is Cc1ncsc1-c1ccc(CNC(=O)[C@@H]2C[C@@H](O)CN2C(=O)[C@@H](NC(=O)CCCCCCCCCCNC2CCC(Nc3ncc(Cl)c(-c4cnn(C)c4CC4CC4)n3)CC2)C(C)(C)C)cc1. The molecule has 67 heavy (non-hydrogen) atoms. The van der Waals surface area contributed by atoms with Gasteiger partial charge in [-0.2, -0.15) is 5.10 Å². The standard InChI is InChI=1S/C51H73ClN10O4S/c1-33-46(67-32-56-33)36-19-17-35(18-20-36)28-54-48(65)43-27-39(63)31-62(43)49(66)47(51(2,3)4)59-44(64)14-12-10-8-6-7-9-11-13-25-53-37-21-23-38(24-22-37)58-50-55-30-41(52)45(60-50)40-29-57-61(5)42(40)26-34-15-16-34/h17-20,29-30,32,34,37-39,43,47,53,63H,6-16,21-28,31H2,1-5H3,(H,54,65)(H,59,64)(H,55,58,60)/t37?,38?,39-,43+,47-/m1/s1. The third-order valence-electron chi connectivity index (χ3n) is 13.8. The van der Waals surface area contributed by atoms with Gasteiger partial charge in [-0.05, 0) is 93.7 Å². The van der Waals surface area contributed by atoms with Gasteiger partial charge < -0.3 is 31.3 Å². The van der Waals surface area contributed by atoms with E-state index in [0.717, 1.165) is 103 Å². The molecule has 2 aliphatic carbocycles. The van der Waals surface area contributed by atoms with E-state index in [0.29, 0.717) is 36.0 Å². The number of likely N-dealkylation sites (tertiary alicyclic amines) is 1. The number of carbonyl (C=O) groups is 3. The molecule has 4 aromatic rings. The van der Waals surface area contributed by atoms with Crippen molar-refractivity contribution in [2.24, 2.45) is 18.4 Å². The number of rotatable bonds is 23. The summed E-state index contributed by atoms with van der Waals surface area (Å²) in [4.78, 5) is 56.9. The monoisotopic (exact) mass is 957 g/mol. The molecule has 1 aromatic carbocycles. The molecule has 16 heteroatoms. The van der Waals surface area contributed by atoms with Crippen LogP contribution in [0, 0.1) is 18.3 Å². The molecule has 1 saturated heterocycles. The van der Waals surface area contributed by atoms with Crippen LogP contribution >= 0.6 is 22.9 Å². The van der Waals surface area contributed by atoms with Crippen LogP contribution in [-0.4, -0.2) is 95.8 Å². The van der Waals surface area contributed by atoms with Crippen LogP contribution in [0.4, 0.5) is 5.95 Å². The summed E-state index contributed by atoms with van der Waals surface area (Å²) in [7, 11) is 1.99. The van der Waals surface area contributed by atoms with Crippen molar-refractivity contribution in [1.82, 2.24) is 45.6 Å². The van der Waals surface area contributed by atoms with Crippen molar-refractivity contribution in [2.75, 3.05) is 18.4 Å². The molecule has 0 bridgehead atoms. The topological polar surface area (TPSA) is 179 Å². The number of β-amino-alcohol motifs (C(OH)–C–C–N with tert-alkyl or cyclic N) is 1. The van der Waals surface area contributed by atoms with Crippen LogP contribution in [0.5, 0.6) is 0 Å². The lowest BCUT2D eigenvalue weighted by Crippen LogP contribution is -2.57. The lowest BCUT2D eigenvalue weighted by Gasteiger charge is -2.35. The second kappa shape index (κ2) is 23.7. The number of unbranched alkanes of at least 4 members (excludes halogenated alkanes) is 7. The van der Waals surface area contributed by atoms with Crippen molar-refractivity contribution in [3.8, 4) is 21.7 Å². The average Bonchev–Trinajstić information content (AvgIpc) is 3.71. The molecule has 0 radical (unpaired) electrons. The highest BCUT2D eigenvalue weighted by Crippen LogP contribution is 2.37. The number of aryl methyl sites for hydroxylation is 2. The van der Waals surface area contributed by atoms with Gasteiger partial charge in [0, 0.05) is 56.3 Å². The van der Waals surface area contributed by atoms with E-state index < -0.39 is 23.6 Å². The van der Waals surface area contributed by atoms with Crippen LogP contribution in [0.1, 0.15) is 140 Å². The van der Waals surface area contributed by atoms with E-state index in [1.165, 1.54) is 49.1 Å². The molecule has 1 aliphatic heterocycles. The summed E-state index contributed by atoms with van der Waals surface area (Å²) >= 11 is 8.19. The van der Waals surface area contributed by atoms with Gasteiger partial charge in [-0.15, -0.1) is 11.3 Å². The number of carbonyl (C=O) groups excluding carboxylic acids is 3. The first-order valence-corrected chi connectivity index (χ1v) is 26.1. The van der Waals surface area contributed by atoms with Crippen molar-refractivity contribution in [1.29, 1.82) is 0 Å². The summed E-state index contributed by atoms with van der Waals surface area (Å²) in [6.07, 6.45) is 20.0. The molecule has 3 fully saturated rings. The maximum absolute atomic E-state index is 14.0. The van der Waals surface area contributed by atoms with E-state index >= 15 is 0 Å². The second-order valence-corrected chi connectivity index (χ2v) is 21.6. The number of hydrogen-bond acceptors (Lipinski definition) is 11. The highest BCUT2D eigenvalue weighted by molar-refractivity contribution is 7.13. The molecule has 2 saturated carbocycles. The van der Waals surface area contributed by atoms with E-state index in [4.69, 9.17) is 16.6 Å². The fourth-order valence-electron chi connectivity index (χ4n) is 9.54. The molecule has 0 unspecified atom stereocenters. The fraction of sp³-hybridized carbons (Fsp3) is 0.627.